The fraction of sp³-hybridized carbons (Fsp3) is 0.231. The second-order valence-corrected chi connectivity index (χ2v) is 4.90. The van der Waals surface area contributed by atoms with Crippen LogP contribution < -0.4 is 0 Å². The zero-order chi connectivity index (χ0) is 13.3. The number of carboxylic acids is 1. The van der Waals surface area contributed by atoms with E-state index in [4.69, 9.17) is 21.1 Å². The number of aliphatic carboxylic acids is 1. The topological polar surface area (TPSA) is 63.3 Å². The van der Waals surface area contributed by atoms with Gasteiger partial charge in [0.1, 0.15) is 5.41 Å². The number of oxazole rings is 1. The normalized spacial score (nSPS) is 11.5. The summed E-state index contributed by atoms with van der Waals surface area (Å²) in [6.45, 7) is 3.10. The number of carboxylic acid groups (broad SMARTS) is 1. The van der Waals surface area contributed by atoms with Crippen molar-refractivity contribution in [1.82, 2.24) is 4.98 Å². The van der Waals surface area contributed by atoms with Crippen molar-refractivity contribution in [3.63, 3.8) is 0 Å². The molecule has 4 nitrogen and oxygen atoms in total. The lowest BCUT2D eigenvalue weighted by Crippen LogP contribution is -2.28. The minimum Gasteiger partial charge on any atom is -0.480 e. The quantitative estimate of drug-likeness (QED) is 0.924. The Bertz CT molecular complexity index is 572. The maximum atomic E-state index is 11.1. The largest absolute Gasteiger partial charge is 0.480 e. The molecule has 0 aliphatic rings. The van der Waals surface area contributed by atoms with Gasteiger partial charge in [-0.1, -0.05) is 11.6 Å². The van der Waals surface area contributed by atoms with Gasteiger partial charge in [-0.05, 0) is 38.1 Å². The van der Waals surface area contributed by atoms with Crippen LogP contribution in [0.4, 0.5) is 0 Å². The summed E-state index contributed by atoms with van der Waals surface area (Å²) in [6, 6.07) is 7.06. The van der Waals surface area contributed by atoms with E-state index in [1.807, 2.05) is 0 Å². The molecule has 0 saturated carbocycles. The average Bonchev–Trinajstić information content (AvgIpc) is 2.79. The van der Waals surface area contributed by atoms with E-state index in [-0.39, 0.29) is 5.89 Å². The van der Waals surface area contributed by atoms with E-state index >= 15 is 0 Å². The molecule has 0 spiro atoms. The Labute approximate surface area is 109 Å². The fourth-order valence-corrected chi connectivity index (χ4v) is 1.53. The molecule has 0 bridgehead atoms. The Morgan fingerprint density at radius 2 is 1.94 bits per heavy atom. The van der Waals surface area contributed by atoms with Gasteiger partial charge in [-0.3, -0.25) is 4.79 Å². The van der Waals surface area contributed by atoms with Crippen LogP contribution in [-0.4, -0.2) is 16.1 Å². The number of benzene rings is 1. The summed E-state index contributed by atoms with van der Waals surface area (Å²) >= 11 is 5.79. The van der Waals surface area contributed by atoms with E-state index in [2.05, 4.69) is 4.98 Å². The molecule has 0 fully saturated rings. The molecule has 0 aliphatic carbocycles. The Kier molecular flexibility index (Phi) is 3.13. The van der Waals surface area contributed by atoms with Crippen molar-refractivity contribution in [3.8, 4) is 11.3 Å². The first-order chi connectivity index (χ1) is 8.41. The first-order valence-corrected chi connectivity index (χ1v) is 5.74. The van der Waals surface area contributed by atoms with E-state index in [0.29, 0.717) is 10.8 Å². The molecule has 0 atom stereocenters. The monoisotopic (exact) mass is 265 g/mol. The number of halogens is 1. The van der Waals surface area contributed by atoms with Gasteiger partial charge in [0.25, 0.3) is 0 Å². The third-order valence-corrected chi connectivity index (χ3v) is 2.96. The smallest absolute Gasteiger partial charge is 0.318 e. The van der Waals surface area contributed by atoms with E-state index in [0.717, 1.165) is 5.56 Å². The number of hydrogen-bond donors (Lipinski definition) is 1. The lowest BCUT2D eigenvalue weighted by Gasteiger charge is -2.13. The van der Waals surface area contributed by atoms with Gasteiger partial charge in [0, 0.05) is 10.6 Å². The maximum Gasteiger partial charge on any atom is 0.318 e. The molecule has 1 aromatic heterocycles. The third-order valence-electron chi connectivity index (χ3n) is 2.70. The molecule has 5 heteroatoms. The highest BCUT2D eigenvalue weighted by atomic mass is 35.5. The van der Waals surface area contributed by atoms with Crippen molar-refractivity contribution in [2.45, 2.75) is 19.3 Å². The van der Waals surface area contributed by atoms with E-state index in [9.17, 15) is 4.79 Å². The molecule has 0 aliphatic heterocycles. The summed E-state index contributed by atoms with van der Waals surface area (Å²) in [5.74, 6) is -0.275. The lowest BCUT2D eigenvalue weighted by molar-refractivity contribution is -0.143. The van der Waals surface area contributed by atoms with Crippen LogP contribution in [0, 0.1) is 0 Å². The Morgan fingerprint density at radius 1 is 1.33 bits per heavy atom. The first kappa shape index (κ1) is 12.6. The van der Waals surface area contributed by atoms with Gasteiger partial charge in [-0.2, -0.15) is 0 Å². The standard InChI is InChI=1S/C13H12ClNO3/c1-13(2,12(16)17)11-15-7-10(18-11)8-3-5-9(14)6-4-8/h3-7H,1-2H3,(H,16,17). The molecular weight excluding hydrogens is 254 g/mol. The Morgan fingerprint density at radius 3 is 2.50 bits per heavy atom. The molecule has 0 unspecified atom stereocenters. The molecule has 94 valence electrons. The van der Waals surface area contributed by atoms with Gasteiger partial charge < -0.3 is 9.52 Å². The fourth-order valence-electron chi connectivity index (χ4n) is 1.40. The zero-order valence-corrected chi connectivity index (χ0v) is 10.7. The van der Waals surface area contributed by atoms with Gasteiger partial charge in [0.2, 0.25) is 5.89 Å². The summed E-state index contributed by atoms with van der Waals surface area (Å²) in [4.78, 5) is 15.1. The van der Waals surface area contributed by atoms with Gasteiger partial charge in [0.15, 0.2) is 5.76 Å². The van der Waals surface area contributed by atoms with Crippen molar-refractivity contribution in [2.24, 2.45) is 0 Å². The second-order valence-electron chi connectivity index (χ2n) is 4.47. The minimum absolute atomic E-state index is 0.181. The van der Waals surface area contributed by atoms with Crippen LogP contribution in [0.25, 0.3) is 11.3 Å². The first-order valence-electron chi connectivity index (χ1n) is 5.37. The van der Waals surface area contributed by atoms with Crippen molar-refractivity contribution < 1.29 is 14.3 Å². The predicted octanol–water partition coefficient (Wildman–Crippen LogP) is 3.36. The second kappa shape index (κ2) is 4.46. The lowest BCUT2D eigenvalue weighted by atomic mass is 9.94. The van der Waals surface area contributed by atoms with Crippen molar-refractivity contribution in [3.05, 3.63) is 41.4 Å². The van der Waals surface area contributed by atoms with Crippen molar-refractivity contribution in [2.75, 3.05) is 0 Å². The van der Waals surface area contributed by atoms with Gasteiger partial charge in [0.05, 0.1) is 6.20 Å². The summed E-state index contributed by atoms with van der Waals surface area (Å²) < 4.78 is 5.50. The van der Waals surface area contributed by atoms with Crippen LogP contribution in [-0.2, 0) is 10.2 Å². The molecule has 1 heterocycles. The molecule has 0 saturated heterocycles. The Balaban J connectivity index is 2.37. The van der Waals surface area contributed by atoms with Gasteiger partial charge in [-0.15, -0.1) is 0 Å². The summed E-state index contributed by atoms with van der Waals surface area (Å²) in [5, 5.41) is 9.72. The maximum absolute atomic E-state index is 11.1. The SMILES string of the molecule is CC(C)(C(=O)O)c1ncc(-c2ccc(Cl)cc2)o1. The van der Waals surface area contributed by atoms with Crippen molar-refractivity contribution in [1.29, 1.82) is 0 Å². The van der Waals surface area contributed by atoms with E-state index in [1.165, 1.54) is 6.20 Å². The average molecular weight is 266 g/mol. The van der Waals surface area contributed by atoms with Crippen LogP contribution in [0.1, 0.15) is 19.7 Å². The van der Waals surface area contributed by atoms with Gasteiger partial charge in [-0.25, -0.2) is 4.98 Å². The number of carbonyl (C=O) groups is 1. The van der Waals surface area contributed by atoms with Gasteiger partial charge >= 0.3 is 5.97 Å². The minimum atomic E-state index is -1.15. The number of rotatable bonds is 3. The predicted molar refractivity (Wildman–Crippen MR) is 67.6 cm³/mol. The Hall–Kier alpha value is -1.81. The highest BCUT2D eigenvalue weighted by molar-refractivity contribution is 6.30. The molecule has 1 N–H and O–H groups in total. The van der Waals surface area contributed by atoms with Crippen molar-refractivity contribution >= 4 is 17.6 Å². The number of nitrogens with zero attached hydrogens (tertiary/aromatic N) is 1. The molecule has 2 aromatic rings. The van der Waals surface area contributed by atoms with Crippen LogP contribution >= 0.6 is 11.6 Å². The van der Waals surface area contributed by atoms with E-state index < -0.39 is 11.4 Å². The summed E-state index contributed by atoms with van der Waals surface area (Å²) in [5.41, 5.74) is -0.343. The molecular formula is C13H12ClNO3. The third kappa shape index (κ3) is 2.24. The van der Waals surface area contributed by atoms with Crippen LogP contribution in [0.5, 0.6) is 0 Å². The zero-order valence-electron chi connectivity index (χ0n) is 9.98. The van der Waals surface area contributed by atoms with Crippen LogP contribution in [0.3, 0.4) is 0 Å². The molecule has 18 heavy (non-hydrogen) atoms. The molecule has 0 amide bonds. The number of hydrogen-bond acceptors (Lipinski definition) is 3. The van der Waals surface area contributed by atoms with Crippen LogP contribution in [0.2, 0.25) is 5.02 Å². The van der Waals surface area contributed by atoms with Crippen LogP contribution in [0.15, 0.2) is 34.9 Å². The highest BCUT2D eigenvalue weighted by Crippen LogP contribution is 2.28. The summed E-state index contributed by atoms with van der Waals surface area (Å²) in [6.07, 6.45) is 1.52. The molecule has 1 aromatic carbocycles. The van der Waals surface area contributed by atoms with E-state index in [1.54, 1.807) is 38.1 Å². The number of aromatic nitrogens is 1. The highest BCUT2D eigenvalue weighted by Gasteiger charge is 2.34. The summed E-state index contributed by atoms with van der Waals surface area (Å²) in [7, 11) is 0. The molecule has 0 radical (unpaired) electrons. The molecule has 2 rings (SSSR count).